The number of hydrogen-bond donors (Lipinski definition) is 1. The summed E-state index contributed by atoms with van der Waals surface area (Å²) >= 11 is 0. The summed E-state index contributed by atoms with van der Waals surface area (Å²) in [7, 11) is 2.14. The minimum absolute atomic E-state index is 0.0933. The van der Waals surface area contributed by atoms with E-state index in [1.807, 2.05) is 71.6 Å². The van der Waals surface area contributed by atoms with E-state index in [0.29, 0.717) is 12.6 Å². The molecule has 5 heteroatoms. The standard InChI is InChI=1S/C27H30N2O3/c1-28(19-20-32-26-5-3-2-4-6-26)24-15-17-29(18-16-24)27(31)23-9-7-21(8-10-23)22-11-13-25(30)14-12-22/h2-14,24,30H,15-20H2,1H3. The van der Waals surface area contributed by atoms with Crippen molar-refractivity contribution in [3.8, 4) is 22.6 Å². The molecular formula is C27H30N2O3. The number of nitrogens with zero attached hydrogens (tertiary/aromatic N) is 2. The molecule has 32 heavy (non-hydrogen) atoms. The molecule has 1 saturated heterocycles. The molecule has 1 heterocycles. The highest BCUT2D eigenvalue weighted by molar-refractivity contribution is 5.94. The van der Waals surface area contributed by atoms with Crippen LogP contribution in [0.1, 0.15) is 23.2 Å². The highest BCUT2D eigenvalue weighted by atomic mass is 16.5. The van der Waals surface area contributed by atoms with Crippen LogP contribution in [0.2, 0.25) is 0 Å². The van der Waals surface area contributed by atoms with Crippen molar-refractivity contribution < 1.29 is 14.6 Å². The van der Waals surface area contributed by atoms with E-state index in [1.165, 1.54) is 0 Å². The Kier molecular flexibility index (Phi) is 7.07. The lowest BCUT2D eigenvalue weighted by molar-refractivity contribution is 0.0633. The van der Waals surface area contributed by atoms with E-state index in [4.69, 9.17) is 4.74 Å². The second-order valence-electron chi connectivity index (χ2n) is 8.29. The summed E-state index contributed by atoms with van der Waals surface area (Å²) < 4.78 is 5.81. The van der Waals surface area contributed by atoms with Crippen LogP contribution in [0.3, 0.4) is 0 Å². The van der Waals surface area contributed by atoms with E-state index in [1.54, 1.807) is 12.1 Å². The highest BCUT2D eigenvalue weighted by Gasteiger charge is 2.25. The smallest absolute Gasteiger partial charge is 0.253 e. The molecule has 5 nitrogen and oxygen atoms in total. The lowest BCUT2D eigenvalue weighted by Crippen LogP contribution is -2.46. The molecule has 3 aromatic rings. The first-order valence-electron chi connectivity index (χ1n) is 11.2. The average Bonchev–Trinajstić information content (AvgIpc) is 2.85. The predicted molar refractivity (Wildman–Crippen MR) is 127 cm³/mol. The third-order valence-electron chi connectivity index (χ3n) is 6.16. The van der Waals surface area contributed by atoms with Gasteiger partial charge in [0.05, 0.1) is 0 Å². The van der Waals surface area contributed by atoms with Crippen molar-refractivity contribution in [2.45, 2.75) is 18.9 Å². The number of likely N-dealkylation sites (N-methyl/N-ethyl adjacent to an activating group) is 1. The Morgan fingerprint density at radius 2 is 1.53 bits per heavy atom. The summed E-state index contributed by atoms with van der Waals surface area (Å²) in [6.07, 6.45) is 1.94. The molecule has 1 fully saturated rings. The molecule has 1 aliphatic rings. The van der Waals surface area contributed by atoms with Gasteiger partial charge >= 0.3 is 0 Å². The second-order valence-corrected chi connectivity index (χ2v) is 8.29. The minimum atomic E-state index is 0.0933. The van der Waals surface area contributed by atoms with E-state index in [-0.39, 0.29) is 11.7 Å². The number of amides is 1. The highest BCUT2D eigenvalue weighted by Crippen LogP contribution is 2.23. The van der Waals surface area contributed by atoms with Crippen LogP contribution < -0.4 is 4.74 Å². The summed E-state index contributed by atoms with van der Waals surface area (Å²) in [5.74, 6) is 1.24. The van der Waals surface area contributed by atoms with Gasteiger partial charge in [0, 0.05) is 31.2 Å². The van der Waals surface area contributed by atoms with Gasteiger partial charge in [-0.15, -0.1) is 0 Å². The molecule has 1 aliphatic heterocycles. The quantitative estimate of drug-likeness (QED) is 0.592. The Balaban J connectivity index is 1.25. The average molecular weight is 431 g/mol. The van der Waals surface area contributed by atoms with E-state index in [9.17, 15) is 9.90 Å². The van der Waals surface area contributed by atoms with Gasteiger partial charge in [0.2, 0.25) is 0 Å². The van der Waals surface area contributed by atoms with E-state index >= 15 is 0 Å². The molecule has 3 aromatic carbocycles. The third-order valence-corrected chi connectivity index (χ3v) is 6.16. The van der Waals surface area contributed by atoms with Crippen molar-refractivity contribution >= 4 is 5.91 Å². The van der Waals surface area contributed by atoms with Gasteiger partial charge in [0.25, 0.3) is 5.91 Å². The maximum Gasteiger partial charge on any atom is 0.253 e. The molecular weight excluding hydrogens is 400 g/mol. The summed E-state index contributed by atoms with van der Waals surface area (Å²) in [5, 5.41) is 9.45. The molecule has 166 valence electrons. The minimum Gasteiger partial charge on any atom is -0.508 e. The fraction of sp³-hybridized carbons (Fsp3) is 0.296. The van der Waals surface area contributed by atoms with E-state index < -0.39 is 0 Å². The van der Waals surface area contributed by atoms with Crippen LogP contribution in [-0.4, -0.2) is 60.1 Å². The second kappa shape index (κ2) is 10.3. The van der Waals surface area contributed by atoms with E-state index in [0.717, 1.165) is 54.9 Å². The number of carbonyl (C=O) groups excluding carboxylic acids is 1. The van der Waals surface area contributed by atoms with Gasteiger partial charge < -0.3 is 14.7 Å². The van der Waals surface area contributed by atoms with Crippen molar-refractivity contribution in [1.82, 2.24) is 9.80 Å². The van der Waals surface area contributed by atoms with Gasteiger partial charge in [-0.3, -0.25) is 9.69 Å². The number of aromatic hydroxyl groups is 1. The van der Waals surface area contributed by atoms with Crippen molar-refractivity contribution in [2.24, 2.45) is 0 Å². The Bertz CT molecular complexity index is 995. The molecule has 0 radical (unpaired) electrons. The normalized spacial score (nSPS) is 14.5. The fourth-order valence-electron chi connectivity index (χ4n) is 4.16. The molecule has 0 atom stereocenters. The number of para-hydroxylation sites is 1. The van der Waals surface area contributed by atoms with Gasteiger partial charge in [-0.2, -0.15) is 0 Å². The molecule has 0 saturated carbocycles. The first-order valence-corrected chi connectivity index (χ1v) is 11.2. The van der Waals surface area contributed by atoms with Crippen LogP contribution in [0.4, 0.5) is 0 Å². The van der Waals surface area contributed by atoms with Crippen molar-refractivity contribution in [3.63, 3.8) is 0 Å². The number of hydrogen-bond acceptors (Lipinski definition) is 4. The summed E-state index contributed by atoms with van der Waals surface area (Å²) in [6.45, 7) is 3.07. The van der Waals surface area contributed by atoms with Crippen LogP contribution in [0.5, 0.6) is 11.5 Å². The summed E-state index contributed by atoms with van der Waals surface area (Å²) in [4.78, 5) is 17.3. The van der Waals surface area contributed by atoms with Crippen molar-refractivity contribution in [3.05, 3.63) is 84.4 Å². The Morgan fingerprint density at radius 1 is 0.938 bits per heavy atom. The molecule has 1 amide bonds. The molecule has 0 aromatic heterocycles. The number of benzene rings is 3. The van der Waals surface area contributed by atoms with Crippen LogP contribution in [0.25, 0.3) is 11.1 Å². The SMILES string of the molecule is CN(CCOc1ccccc1)C1CCN(C(=O)c2ccc(-c3ccc(O)cc3)cc2)CC1. The van der Waals surface area contributed by atoms with Gasteiger partial charge in [-0.05, 0) is 67.4 Å². The van der Waals surface area contributed by atoms with Gasteiger partial charge in [-0.25, -0.2) is 0 Å². The Labute approximate surface area is 189 Å². The molecule has 0 spiro atoms. The number of likely N-dealkylation sites (tertiary alicyclic amines) is 1. The maximum atomic E-state index is 13.0. The van der Waals surface area contributed by atoms with Crippen molar-refractivity contribution in [1.29, 1.82) is 0 Å². The molecule has 1 N–H and O–H groups in total. The topological polar surface area (TPSA) is 53.0 Å². The zero-order valence-electron chi connectivity index (χ0n) is 18.5. The molecule has 4 rings (SSSR count). The lowest BCUT2D eigenvalue weighted by Gasteiger charge is -2.36. The van der Waals surface area contributed by atoms with E-state index in [2.05, 4.69) is 11.9 Å². The van der Waals surface area contributed by atoms with Crippen LogP contribution in [0.15, 0.2) is 78.9 Å². The number of piperidine rings is 1. The first kappa shape index (κ1) is 21.9. The van der Waals surface area contributed by atoms with Crippen LogP contribution >= 0.6 is 0 Å². The Hall–Kier alpha value is -3.31. The number of ether oxygens (including phenoxy) is 1. The first-order chi connectivity index (χ1) is 15.6. The lowest BCUT2D eigenvalue weighted by atomic mass is 10.0. The van der Waals surface area contributed by atoms with Crippen LogP contribution in [-0.2, 0) is 0 Å². The monoisotopic (exact) mass is 430 g/mol. The molecule has 0 aliphatic carbocycles. The largest absolute Gasteiger partial charge is 0.508 e. The number of rotatable bonds is 7. The predicted octanol–water partition coefficient (Wildman–Crippen LogP) is 4.67. The van der Waals surface area contributed by atoms with Gasteiger partial charge in [-0.1, -0.05) is 42.5 Å². The molecule has 0 unspecified atom stereocenters. The zero-order valence-corrected chi connectivity index (χ0v) is 18.5. The van der Waals surface area contributed by atoms with Gasteiger partial charge in [0.15, 0.2) is 0 Å². The zero-order chi connectivity index (χ0) is 22.3. The fourth-order valence-corrected chi connectivity index (χ4v) is 4.16. The maximum absolute atomic E-state index is 13.0. The van der Waals surface area contributed by atoms with Gasteiger partial charge in [0.1, 0.15) is 18.1 Å². The number of phenolic OH excluding ortho intramolecular Hbond substituents is 1. The van der Waals surface area contributed by atoms with Crippen molar-refractivity contribution in [2.75, 3.05) is 33.3 Å². The Morgan fingerprint density at radius 3 is 2.16 bits per heavy atom. The number of carbonyl (C=O) groups is 1. The van der Waals surface area contributed by atoms with Crippen LogP contribution in [0, 0.1) is 0 Å². The third kappa shape index (κ3) is 5.48. The number of phenols is 1. The molecule has 0 bridgehead atoms. The summed E-state index contributed by atoms with van der Waals surface area (Å²) in [6, 6.07) is 25.2. The summed E-state index contributed by atoms with van der Waals surface area (Å²) in [5.41, 5.74) is 2.76.